The molecule has 0 heterocycles. The summed E-state index contributed by atoms with van der Waals surface area (Å²) < 4.78 is 49.3. The molecule has 0 spiro atoms. The SMILES string of the molecule is CC(C)(CCCNS(C)(=O)=O)CCC(C)(C)CCNS(C)(=O)=O. The molecule has 0 amide bonds. The van der Waals surface area contributed by atoms with Crippen LogP contribution in [-0.2, 0) is 20.0 Å². The molecule has 0 saturated carbocycles. The van der Waals surface area contributed by atoms with Crippen molar-refractivity contribution in [3.05, 3.63) is 0 Å². The molecule has 23 heavy (non-hydrogen) atoms. The average Bonchev–Trinajstić information content (AvgIpc) is 2.30. The summed E-state index contributed by atoms with van der Waals surface area (Å²) >= 11 is 0. The molecular formula is C15H34N2O4S2. The first-order valence-electron chi connectivity index (χ1n) is 8.01. The number of sulfonamides is 2. The van der Waals surface area contributed by atoms with Crippen molar-refractivity contribution < 1.29 is 16.8 Å². The van der Waals surface area contributed by atoms with Gasteiger partial charge in [0.1, 0.15) is 0 Å². The largest absolute Gasteiger partial charge is 0.215 e. The van der Waals surface area contributed by atoms with Gasteiger partial charge in [-0.05, 0) is 42.9 Å². The van der Waals surface area contributed by atoms with Gasteiger partial charge in [-0.3, -0.25) is 0 Å². The maximum atomic E-state index is 11.1. The molecule has 0 unspecified atom stereocenters. The van der Waals surface area contributed by atoms with Crippen LogP contribution in [0, 0.1) is 10.8 Å². The Bertz CT molecular complexity index is 552. The zero-order chi connectivity index (χ0) is 18.4. The fourth-order valence-corrected chi connectivity index (χ4v) is 3.31. The lowest BCUT2D eigenvalue weighted by atomic mass is 9.75. The van der Waals surface area contributed by atoms with Crippen molar-refractivity contribution >= 4 is 20.0 Å². The van der Waals surface area contributed by atoms with Crippen molar-refractivity contribution in [3.8, 4) is 0 Å². The number of rotatable bonds is 12. The third-order valence-corrected chi connectivity index (χ3v) is 5.50. The van der Waals surface area contributed by atoms with Crippen molar-refractivity contribution in [2.24, 2.45) is 10.8 Å². The van der Waals surface area contributed by atoms with Gasteiger partial charge >= 0.3 is 0 Å². The predicted octanol–water partition coefficient (Wildman–Crippen LogP) is 2.09. The number of hydrogen-bond donors (Lipinski definition) is 2. The Kier molecular flexibility index (Phi) is 8.71. The third-order valence-electron chi connectivity index (χ3n) is 4.04. The number of hydrogen-bond acceptors (Lipinski definition) is 4. The van der Waals surface area contributed by atoms with E-state index in [0.717, 1.165) is 32.1 Å². The maximum Gasteiger partial charge on any atom is 0.208 e. The van der Waals surface area contributed by atoms with E-state index >= 15 is 0 Å². The van der Waals surface area contributed by atoms with Crippen molar-refractivity contribution in [2.75, 3.05) is 25.6 Å². The zero-order valence-electron chi connectivity index (χ0n) is 15.4. The first kappa shape index (κ1) is 22.8. The standard InChI is InChI=1S/C15H34N2O4S2/c1-14(2,8-7-12-16-22(5,18)19)9-10-15(3,4)11-13-17-23(6,20)21/h16-17H,7-13H2,1-6H3. The molecule has 140 valence electrons. The maximum absolute atomic E-state index is 11.1. The predicted molar refractivity (Wildman–Crippen MR) is 96.3 cm³/mol. The van der Waals surface area contributed by atoms with E-state index in [9.17, 15) is 16.8 Å². The van der Waals surface area contributed by atoms with Crippen LogP contribution in [0.3, 0.4) is 0 Å². The minimum absolute atomic E-state index is 0.0694. The molecule has 0 aromatic carbocycles. The van der Waals surface area contributed by atoms with E-state index in [1.54, 1.807) is 0 Å². The topological polar surface area (TPSA) is 92.3 Å². The Hall–Kier alpha value is -0.180. The van der Waals surface area contributed by atoms with Gasteiger partial charge in [0, 0.05) is 13.1 Å². The minimum Gasteiger partial charge on any atom is -0.215 e. The van der Waals surface area contributed by atoms with Crippen LogP contribution in [0.2, 0.25) is 0 Å². The van der Waals surface area contributed by atoms with Gasteiger partial charge in [0.05, 0.1) is 12.5 Å². The molecule has 0 aliphatic rings. The molecule has 0 aromatic rings. The Morgan fingerprint density at radius 2 is 1.04 bits per heavy atom. The van der Waals surface area contributed by atoms with E-state index in [1.165, 1.54) is 12.5 Å². The van der Waals surface area contributed by atoms with Crippen LogP contribution >= 0.6 is 0 Å². The second kappa shape index (κ2) is 8.78. The molecule has 0 aliphatic carbocycles. The lowest BCUT2D eigenvalue weighted by Gasteiger charge is -2.31. The highest BCUT2D eigenvalue weighted by Gasteiger charge is 2.24. The third kappa shape index (κ3) is 15.1. The van der Waals surface area contributed by atoms with Crippen LogP contribution < -0.4 is 9.44 Å². The van der Waals surface area contributed by atoms with E-state index in [0.29, 0.717) is 13.1 Å². The summed E-state index contributed by atoms with van der Waals surface area (Å²) in [7, 11) is -6.23. The second-order valence-corrected chi connectivity index (χ2v) is 11.7. The van der Waals surface area contributed by atoms with E-state index in [-0.39, 0.29) is 10.8 Å². The zero-order valence-corrected chi connectivity index (χ0v) is 17.0. The summed E-state index contributed by atoms with van der Waals surface area (Å²) in [5.41, 5.74) is 0.209. The van der Waals surface area contributed by atoms with E-state index < -0.39 is 20.0 Å². The highest BCUT2D eigenvalue weighted by molar-refractivity contribution is 7.89. The summed E-state index contributed by atoms with van der Waals surface area (Å²) in [4.78, 5) is 0. The highest BCUT2D eigenvalue weighted by Crippen LogP contribution is 2.35. The van der Waals surface area contributed by atoms with E-state index in [1.807, 2.05) is 0 Å². The van der Waals surface area contributed by atoms with Gasteiger partial charge in [0.2, 0.25) is 20.0 Å². The normalized spacial score (nSPS) is 14.2. The van der Waals surface area contributed by atoms with E-state index in [2.05, 4.69) is 37.1 Å². The minimum atomic E-state index is -3.12. The Morgan fingerprint density at radius 3 is 1.48 bits per heavy atom. The van der Waals surface area contributed by atoms with Gasteiger partial charge in [-0.15, -0.1) is 0 Å². The van der Waals surface area contributed by atoms with Crippen molar-refractivity contribution in [1.82, 2.24) is 9.44 Å². The van der Waals surface area contributed by atoms with Crippen LogP contribution in [0.25, 0.3) is 0 Å². The Morgan fingerprint density at radius 1 is 0.652 bits per heavy atom. The monoisotopic (exact) mass is 370 g/mol. The van der Waals surface area contributed by atoms with Gasteiger partial charge in [0.25, 0.3) is 0 Å². The molecule has 0 aliphatic heterocycles. The van der Waals surface area contributed by atoms with Crippen LogP contribution in [-0.4, -0.2) is 42.4 Å². The number of nitrogens with one attached hydrogen (secondary N) is 2. The fourth-order valence-electron chi connectivity index (χ4n) is 2.33. The summed E-state index contributed by atoms with van der Waals surface area (Å²) in [5, 5.41) is 0. The molecular weight excluding hydrogens is 336 g/mol. The van der Waals surface area contributed by atoms with Crippen LogP contribution in [0.15, 0.2) is 0 Å². The molecule has 0 aromatic heterocycles. The first-order valence-corrected chi connectivity index (χ1v) is 11.8. The quantitative estimate of drug-likeness (QED) is 0.515. The molecule has 6 nitrogen and oxygen atoms in total. The van der Waals surface area contributed by atoms with Crippen molar-refractivity contribution in [2.45, 2.75) is 59.8 Å². The lowest BCUT2D eigenvalue weighted by Crippen LogP contribution is -2.28. The highest BCUT2D eigenvalue weighted by atomic mass is 32.2. The smallest absolute Gasteiger partial charge is 0.208 e. The summed E-state index contributed by atoms with van der Waals surface area (Å²) in [6.45, 7) is 9.63. The molecule has 0 saturated heterocycles. The Balaban J connectivity index is 4.14. The molecule has 0 atom stereocenters. The fraction of sp³-hybridized carbons (Fsp3) is 1.00. The second-order valence-electron chi connectivity index (χ2n) is 8.01. The summed E-state index contributed by atoms with van der Waals surface area (Å²) in [5.74, 6) is 0. The summed E-state index contributed by atoms with van der Waals surface area (Å²) in [6, 6.07) is 0. The summed E-state index contributed by atoms with van der Waals surface area (Å²) in [6.07, 6.45) is 6.94. The molecule has 2 N–H and O–H groups in total. The molecule has 0 bridgehead atoms. The van der Waals surface area contributed by atoms with Gasteiger partial charge in [-0.2, -0.15) is 0 Å². The van der Waals surface area contributed by atoms with Crippen LogP contribution in [0.4, 0.5) is 0 Å². The van der Waals surface area contributed by atoms with Gasteiger partial charge < -0.3 is 0 Å². The Labute approximate surface area is 142 Å². The average molecular weight is 371 g/mol. The molecule has 0 fully saturated rings. The van der Waals surface area contributed by atoms with Crippen LogP contribution in [0.5, 0.6) is 0 Å². The molecule has 8 heteroatoms. The van der Waals surface area contributed by atoms with Gasteiger partial charge in [-0.1, -0.05) is 27.7 Å². The molecule has 0 rings (SSSR count). The van der Waals surface area contributed by atoms with E-state index in [4.69, 9.17) is 0 Å². The van der Waals surface area contributed by atoms with Crippen molar-refractivity contribution in [3.63, 3.8) is 0 Å². The van der Waals surface area contributed by atoms with Gasteiger partial charge in [0.15, 0.2) is 0 Å². The lowest BCUT2D eigenvalue weighted by molar-refractivity contribution is 0.215. The van der Waals surface area contributed by atoms with Crippen molar-refractivity contribution in [1.29, 1.82) is 0 Å². The van der Waals surface area contributed by atoms with Gasteiger partial charge in [-0.25, -0.2) is 26.3 Å². The van der Waals surface area contributed by atoms with Crippen LogP contribution in [0.1, 0.15) is 59.8 Å². The molecule has 0 radical (unpaired) electrons. The first-order chi connectivity index (χ1) is 10.1.